The van der Waals surface area contributed by atoms with E-state index < -0.39 is 11.9 Å². The second kappa shape index (κ2) is 10.8. The van der Waals surface area contributed by atoms with Crippen molar-refractivity contribution in [1.29, 1.82) is 0 Å². The second-order valence-corrected chi connectivity index (χ2v) is 8.02. The van der Waals surface area contributed by atoms with Crippen LogP contribution in [-0.2, 0) is 22.7 Å². The lowest BCUT2D eigenvalue weighted by molar-refractivity contribution is 0.0456. The molecule has 0 unspecified atom stereocenters. The van der Waals surface area contributed by atoms with Crippen molar-refractivity contribution in [3.05, 3.63) is 89.2 Å². The fourth-order valence-corrected chi connectivity index (χ4v) is 3.37. The van der Waals surface area contributed by atoms with E-state index in [-0.39, 0.29) is 24.6 Å². The van der Waals surface area contributed by atoms with Crippen LogP contribution in [0.1, 0.15) is 32.1 Å². The summed E-state index contributed by atoms with van der Waals surface area (Å²) in [6.07, 6.45) is 4.00. The predicted octanol–water partition coefficient (Wildman–Crippen LogP) is 5.24. The highest BCUT2D eigenvalue weighted by Gasteiger charge is 2.15. The second-order valence-electron chi connectivity index (χ2n) is 6.26. The highest BCUT2D eigenvalue weighted by Crippen LogP contribution is 2.17. The number of aromatic nitrogens is 1. The molecule has 30 heavy (non-hydrogen) atoms. The van der Waals surface area contributed by atoms with Crippen molar-refractivity contribution in [3.8, 4) is 0 Å². The Balaban J connectivity index is 1.56. The number of pyridine rings is 1. The molecular weight excluding hydrogens is 418 g/mol. The summed E-state index contributed by atoms with van der Waals surface area (Å²) in [4.78, 5) is 31.0. The van der Waals surface area contributed by atoms with Gasteiger partial charge in [0.25, 0.3) is 0 Å². The first-order valence-corrected chi connectivity index (χ1v) is 11.6. The Kier molecular flexibility index (Phi) is 7.93. The van der Waals surface area contributed by atoms with E-state index in [1.54, 1.807) is 29.6 Å². The molecule has 0 bridgehead atoms. The van der Waals surface area contributed by atoms with Crippen molar-refractivity contribution < 1.29 is 19.1 Å². The number of hydrogen-bond acceptors (Lipinski definition) is 7. The molecule has 0 atom stereocenters. The van der Waals surface area contributed by atoms with Crippen LogP contribution in [0.3, 0.4) is 0 Å². The zero-order valence-corrected chi connectivity index (χ0v) is 18.3. The van der Waals surface area contributed by atoms with Gasteiger partial charge in [-0.1, -0.05) is 30.3 Å². The van der Waals surface area contributed by atoms with Crippen LogP contribution in [0.25, 0.3) is 0 Å². The summed E-state index contributed by atoms with van der Waals surface area (Å²) in [6, 6.07) is 20.1. The number of esters is 2. The number of hydrogen-bond donors (Lipinski definition) is 0. The quantitative estimate of drug-likeness (QED) is 0.351. The smallest absolute Gasteiger partial charge is 0.357 e. The Morgan fingerprint density at radius 3 is 1.47 bits per heavy atom. The maximum absolute atomic E-state index is 12.3. The zero-order valence-electron chi connectivity index (χ0n) is 16.7. The largest absolute Gasteiger partial charge is 0.456 e. The summed E-state index contributed by atoms with van der Waals surface area (Å²) in [5.74, 6) is -1.18. The van der Waals surface area contributed by atoms with Gasteiger partial charge in [-0.2, -0.15) is 0 Å². The molecule has 0 aliphatic rings. The van der Waals surface area contributed by atoms with Crippen molar-refractivity contribution in [2.45, 2.75) is 23.0 Å². The van der Waals surface area contributed by atoms with Gasteiger partial charge >= 0.3 is 11.9 Å². The van der Waals surface area contributed by atoms with E-state index >= 15 is 0 Å². The van der Waals surface area contributed by atoms with Crippen molar-refractivity contribution >= 4 is 35.5 Å². The fourth-order valence-electron chi connectivity index (χ4n) is 2.55. The average Bonchev–Trinajstić information content (AvgIpc) is 2.81. The van der Waals surface area contributed by atoms with Crippen molar-refractivity contribution in [1.82, 2.24) is 4.98 Å². The molecule has 2 aromatic carbocycles. The SMILES string of the molecule is CSc1ccc(COC(=O)c2cccc(C(=O)OCc3ccc(SC)cc3)n2)cc1. The van der Waals surface area contributed by atoms with Crippen LogP contribution in [-0.4, -0.2) is 29.4 Å². The maximum atomic E-state index is 12.3. The molecule has 0 spiro atoms. The lowest BCUT2D eigenvalue weighted by atomic mass is 10.2. The number of benzene rings is 2. The minimum absolute atomic E-state index is 0.0644. The van der Waals surface area contributed by atoms with Crippen LogP contribution in [0.5, 0.6) is 0 Å². The Bertz CT molecular complexity index is 926. The molecule has 0 saturated carbocycles. The van der Waals surface area contributed by atoms with Gasteiger partial charge in [0.2, 0.25) is 0 Å². The van der Waals surface area contributed by atoms with Crippen LogP contribution in [0.2, 0.25) is 0 Å². The van der Waals surface area contributed by atoms with Crippen molar-refractivity contribution in [3.63, 3.8) is 0 Å². The Morgan fingerprint density at radius 2 is 1.10 bits per heavy atom. The Morgan fingerprint density at radius 1 is 0.700 bits per heavy atom. The van der Waals surface area contributed by atoms with Gasteiger partial charge in [0, 0.05) is 9.79 Å². The first-order chi connectivity index (χ1) is 14.6. The molecule has 0 N–H and O–H groups in total. The standard InChI is InChI=1S/C23H21NO4S2/c1-29-18-10-6-16(7-11-18)14-27-22(25)20-4-3-5-21(24-20)23(26)28-15-17-8-12-19(30-2)13-9-17/h3-13H,14-15H2,1-2H3. The summed E-state index contributed by atoms with van der Waals surface area (Å²) in [7, 11) is 0. The summed E-state index contributed by atoms with van der Waals surface area (Å²) in [6.45, 7) is 0.270. The van der Waals surface area contributed by atoms with E-state index in [9.17, 15) is 9.59 Å². The predicted molar refractivity (Wildman–Crippen MR) is 119 cm³/mol. The molecule has 0 amide bonds. The van der Waals surface area contributed by atoms with Gasteiger partial charge in [-0.25, -0.2) is 14.6 Å². The summed E-state index contributed by atoms with van der Waals surface area (Å²) in [5, 5.41) is 0. The minimum atomic E-state index is -0.591. The van der Waals surface area contributed by atoms with Gasteiger partial charge in [0.15, 0.2) is 0 Å². The van der Waals surface area contributed by atoms with E-state index in [0.717, 1.165) is 20.9 Å². The monoisotopic (exact) mass is 439 g/mol. The number of carbonyl (C=O) groups excluding carboxylic acids is 2. The molecule has 5 nitrogen and oxygen atoms in total. The summed E-state index contributed by atoms with van der Waals surface area (Å²) < 4.78 is 10.6. The molecule has 0 fully saturated rings. The van der Waals surface area contributed by atoms with E-state index in [2.05, 4.69) is 4.98 Å². The maximum Gasteiger partial charge on any atom is 0.357 e. The molecule has 7 heteroatoms. The number of thioether (sulfide) groups is 2. The van der Waals surface area contributed by atoms with E-state index in [1.165, 1.54) is 12.1 Å². The van der Waals surface area contributed by atoms with Gasteiger partial charge in [-0.05, 0) is 60.0 Å². The molecule has 0 aliphatic carbocycles. The molecule has 1 aromatic heterocycles. The first-order valence-electron chi connectivity index (χ1n) is 9.16. The third-order valence-corrected chi connectivity index (χ3v) is 5.71. The number of ether oxygens (including phenoxy) is 2. The van der Waals surface area contributed by atoms with Crippen LogP contribution >= 0.6 is 23.5 Å². The van der Waals surface area contributed by atoms with Crippen LogP contribution in [0.15, 0.2) is 76.5 Å². The molecular formula is C23H21NO4S2. The highest BCUT2D eigenvalue weighted by molar-refractivity contribution is 7.98. The van der Waals surface area contributed by atoms with Gasteiger partial charge in [-0.3, -0.25) is 0 Å². The molecule has 3 aromatic rings. The first kappa shape index (κ1) is 21.9. The summed E-state index contributed by atoms with van der Waals surface area (Å²) in [5.41, 5.74) is 1.89. The number of carbonyl (C=O) groups is 2. The lowest BCUT2D eigenvalue weighted by Gasteiger charge is -2.07. The van der Waals surface area contributed by atoms with Gasteiger partial charge in [0.05, 0.1) is 0 Å². The zero-order chi connectivity index (χ0) is 21.3. The van der Waals surface area contributed by atoms with Gasteiger partial charge in [0.1, 0.15) is 24.6 Å². The van der Waals surface area contributed by atoms with Gasteiger partial charge in [-0.15, -0.1) is 23.5 Å². The molecule has 154 valence electrons. The minimum Gasteiger partial charge on any atom is -0.456 e. The highest BCUT2D eigenvalue weighted by atomic mass is 32.2. The molecule has 0 aliphatic heterocycles. The van der Waals surface area contributed by atoms with E-state index in [4.69, 9.17) is 9.47 Å². The van der Waals surface area contributed by atoms with Crippen LogP contribution in [0.4, 0.5) is 0 Å². The lowest BCUT2D eigenvalue weighted by Crippen LogP contribution is -2.12. The Labute approximate surface area is 184 Å². The fraction of sp³-hybridized carbons (Fsp3) is 0.174. The average molecular weight is 440 g/mol. The van der Waals surface area contributed by atoms with E-state index in [1.807, 2.05) is 61.0 Å². The third-order valence-electron chi connectivity index (χ3n) is 4.23. The number of nitrogens with zero attached hydrogens (tertiary/aromatic N) is 1. The number of rotatable bonds is 8. The normalized spacial score (nSPS) is 10.5. The molecule has 3 rings (SSSR count). The molecule has 0 radical (unpaired) electrons. The molecule has 0 saturated heterocycles. The van der Waals surface area contributed by atoms with Crippen LogP contribution < -0.4 is 0 Å². The third kappa shape index (κ3) is 6.11. The van der Waals surface area contributed by atoms with Crippen LogP contribution in [0, 0.1) is 0 Å². The Hall–Kier alpha value is -2.77. The van der Waals surface area contributed by atoms with Gasteiger partial charge < -0.3 is 9.47 Å². The molecule has 1 heterocycles. The van der Waals surface area contributed by atoms with Crippen molar-refractivity contribution in [2.75, 3.05) is 12.5 Å². The van der Waals surface area contributed by atoms with E-state index in [0.29, 0.717) is 0 Å². The topological polar surface area (TPSA) is 65.5 Å². The van der Waals surface area contributed by atoms with Crippen molar-refractivity contribution in [2.24, 2.45) is 0 Å². The summed E-state index contributed by atoms with van der Waals surface area (Å²) >= 11 is 3.29.